The second kappa shape index (κ2) is 21.6. The summed E-state index contributed by atoms with van der Waals surface area (Å²) in [5.74, 6) is -5.11. The van der Waals surface area contributed by atoms with Gasteiger partial charge in [-0.1, -0.05) is 255 Å². The van der Waals surface area contributed by atoms with Crippen molar-refractivity contribution in [2.24, 2.45) is 23.7 Å². The molecule has 0 N–H and O–H groups in total. The topological polar surface area (TPSA) is 109 Å². The fourth-order valence-corrected chi connectivity index (χ4v) is 22.6. The van der Waals surface area contributed by atoms with E-state index in [2.05, 4.69) is 205 Å². The highest BCUT2D eigenvalue weighted by Gasteiger charge is 2.81. The standard InChI is InChI=1S/2C41H28BrNO3.C6H14/c2*1-21(44)41-34-28-14-6-4-12-26(28)25-11-3-5-13-27(25)32(34)40(2,33-29-15-7-9-22-10-8-16-30(31(22)29)35(33)41)36-37(41)39(46)43(38(36)45)24-19-17-23(42)18-20-24;1-3-5-6-4-2/h2*3-20,33,35-37H,1-2H3;3-6H2,1-2H3/t2*33-,35+,36-,37+,40-,41+;/m00./s1. The summed E-state index contributed by atoms with van der Waals surface area (Å²) in [5, 5.41) is 13.1. The number of benzene rings is 12. The summed E-state index contributed by atoms with van der Waals surface area (Å²) in [5.41, 5.74) is 5.60. The molecule has 4 fully saturated rings. The van der Waals surface area contributed by atoms with Gasteiger partial charge in [-0.3, -0.25) is 28.8 Å². The monoisotopic (exact) mass is 1410 g/mol. The van der Waals surface area contributed by atoms with Gasteiger partial charge in [-0.2, -0.15) is 0 Å². The van der Waals surface area contributed by atoms with Crippen molar-refractivity contribution in [1.29, 1.82) is 0 Å². The van der Waals surface area contributed by atoms with E-state index in [0.29, 0.717) is 11.4 Å². The lowest BCUT2D eigenvalue weighted by atomic mass is 9.35. The third-order valence-corrected chi connectivity index (χ3v) is 26.2. The van der Waals surface area contributed by atoms with Crippen LogP contribution in [-0.4, -0.2) is 35.2 Å². The summed E-state index contributed by atoms with van der Waals surface area (Å²) in [4.78, 5) is 93.3. The Hall–Kier alpha value is -9.22. The molecule has 12 aromatic carbocycles. The number of ketones is 2. The fraction of sp³-hybridized carbons (Fsp3) is 0.250. The third-order valence-electron chi connectivity index (χ3n) is 25.2. The van der Waals surface area contributed by atoms with Gasteiger partial charge in [0.25, 0.3) is 0 Å². The average molecular weight is 1410 g/mol. The number of hydrogen-bond donors (Lipinski definition) is 0. The second-order valence-corrected chi connectivity index (χ2v) is 31.0. The quantitative estimate of drug-likeness (QED) is 0.0893. The Bertz CT molecular complexity index is 5230. The first kappa shape index (κ1) is 61.1. The first-order valence-electron chi connectivity index (χ1n) is 34.7. The van der Waals surface area contributed by atoms with E-state index in [4.69, 9.17) is 0 Å². The van der Waals surface area contributed by atoms with Crippen LogP contribution in [0.4, 0.5) is 11.4 Å². The predicted molar refractivity (Wildman–Crippen MR) is 398 cm³/mol. The summed E-state index contributed by atoms with van der Waals surface area (Å²) >= 11 is 7.01. The Morgan fingerprint density at radius 3 is 0.908 bits per heavy atom. The number of anilines is 2. The van der Waals surface area contributed by atoms with Crippen molar-refractivity contribution >= 4 is 143 Å². The van der Waals surface area contributed by atoms with Crippen molar-refractivity contribution in [2.75, 3.05) is 9.80 Å². The highest BCUT2D eigenvalue weighted by molar-refractivity contribution is 9.10. The first-order valence-corrected chi connectivity index (χ1v) is 36.3. The van der Waals surface area contributed by atoms with E-state index in [1.807, 2.05) is 72.8 Å². The molecule has 0 unspecified atom stereocenters. The van der Waals surface area contributed by atoms with Crippen LogP contribution in [0.3, 0.4) is 0 Å². The van der Waals surface area contributed by atoms with Gasteiger partial charge in [-0.05, 0) is 172 Å². The van der Waals surface area contributed by atoms with Crippen LogP contribution in [-0.2, 0) is 50.4 Å². The van der Waals surface area contributed by atoms with E-state index < -0.39 is 45.3 Å². The minimum atomic E-state index is -1.25. The fourth-order valence-electron chi connectivity index (χ4n) is 22.1. The molecule has 0 spiro atoms. The van der Waals surface area contributed by atoms with Crippen LogP contribution in [0, 0.1) is 23.7 Å². The second-order valence-electron chi connectivity index (χ2n) is 29.2. The number of amides is 4. The van der Waals surface area contributed by atoms with Gasteiger partial charge < -0.3 is 0 Å². The molecule has 8 aliphatic carbocycles. The highest BCUT2D eigenvalue weighted by atomic mass is 79.9. The van der Waals surface area contributed by atoms with E-state index in [9.17, 15) is 0 Å². The van der Waals surface area contributed by atoms with Crippen molar-refractivity contribution in [3.63, 3.8) is 0 Å². The van der Waals surface area contributed by atoms with Crippen LogP contribution in [0.1, 0.15) is 135 Å². The molecular weight excluding hydrogens is 1340 g/mol. The molecule has 2 saturated heterocycles. The zero-order chi connectivity index (χ0) is 67.4. The molecule has 8 nitrogen and oxygen atoms in total. The Morgan fingerprint density at radius 1 is 0.337 bits per heavy atom. The molecule has 482 valence electrons. The lowest BCUT2D eigenvalue weighted by Crippen LogP contribution is -2.67. The Morgan fingerprint density at radius 2 is 0.612 bits per heavy atom. The maximum absolute atomic E-state index is 15.1. The van der Waals surface area contributed by atoms with Gasteiger partial charge in [-0.25, -0.2) is 9.80 Å². The molecule has 98 heavy (non-hydrogen) atoms. The third kappa shape index (κ3) is 7.40. The van der Waals surface area contributed by atoms with Crippen molar-refractivity contribution in [3.05, 3.63) is 272 Å². The molecule has 0 radical (unpaired) electrons. The molecular formula is C88H70Br2N2O6. The molecule has 2 aliphatic heterocycles. The number of nitrogens with zero attached hydrogens (tertiary/aromatic N) is 2. The number of carbonyl (C=O) groups excluding carboxylic acids is 6. The molecule has 10 heteroatoms. The van der Waals surface area contributed by atoms with E-state index >= 15 is 28.8 Å². The number of halogens is 2. The molecule has 10 aliphatic rings. The SMILES string of the molecule is CC(=O)[C@]12c3c(c4ccccc4c4ccccc34)[C@](C)([C@@H]3C(=O)N(c4ccc(Br)cc4)C(=O)[C@@H]31)[C@H]1c3cccc4cccc(c34)[C@H]12.CC(=O)[C@]12c3c(c4ccccc4c4ccccc34)[C@](C)([C@@H]3C(=O)N(c4ccc(Br)cc4)C(=O)[C@@H]31)[C@H]1c3cccc4cccc(c34)[C@H]12.CCCCCC. The molecule has 22 rings (SSSR count). The van der Waals surface area contributed by atoms with Gasteiger partial charge in [0, 0.05) is 43.4 Å². The van der Waals surface area contributed by atoms with E-state index in [1.165, 1.54) is 57.4 Å². The highest BCUT2D eigenvalue weighted by Crippen LogP contribution is 2.80. The lowest BCUT2D eigenvalue weighted by molar-refractivity contribution is -0.143. The summed E-state index contributed by atoms with van der Waals surface area (Å²) in [6.07, 6.45) is 5.54. The number of carbonyl (C=O) groups is 6. The zero-order valence-electron chi connectivity index (χ0n) is 55.3. The lowest BCUT2D eigenvalue weighted by Gasteiger charge is -2.64. The van der Waals surface area contributed by atoms with Crippen LogP contribution < -0.4 is 9.80 Å². The van der Waals surface area contributed by atoms with E-state index in [0.717, 1.165) is 96.2 Å². The molecule has 2 saturated carbocycles. The van der Waals surface area contributed by atoms with Crippen LogP contribution in [0.15, 0.2) is 227 Å². The van der Waals surface area contributed by atoms with E-state index in [1.54, 1.807) is 13.8 Å². The maximum Gasteiger partial charge on any atom is 0.239 e. The van der Waals surface area contributed by atoms with E-state index in [-0.39, 0.29) is 58.9 Å². The van der Waals surface area contributed by atoms with Crippen molar-refractivity contribution < 1.29 is 28.8 Å². The van der Waals surface area contributed by atoms with Crippen LogP contribution in [0.5, 0.6) is 0 Å². The summed E-state index contributed by atoms with van der Waals surface area (Å²) in [6.45, 7) is 12.3. The predicted octanol–water partition coefficient (Wildman–Crippen LogP) is 20.0. The normalized spacial score (nSPS) is 27.4. The smallest absolute Gasteiger partial charge is 0.239 e. The summed E-state index contributed by atoms with van der Waals surface area (Å²) < 4.78 is 1.73. The Kier molecular flexibility index (Phi) is 13.5. The van der Waals surface area contributed by atoms with Crippen molar-refractivity contribution in [2.45, 2.75) is 113 Å². The number of imide groups is 2. The van der Waals surface area contributed by atoms with Gasteiger partial charge in [0.05, 0.1) is 45.9 Å². The minimum absolute atomic E-state index is 0.0513. The van der Waals surface area contributed by atoms with Crippen molar-refractivity contribution in [1.82, 2.24) is 0 Å². The summed E-state index contributed by atoms with van der Waals surface area (Å²) in [7, 11) is 0. The number of unbranched alkanes of at least 4 members (excludes halogenated alkanes) is 3. The minimum Gasteiger partial charge on any atom is -0.299 e. The van der Waals surface area contributed by atoms with Gasteiger partial charge in [-0.15, -0.1) is 0 Å². The van der Waals surface area contributed by atoms with Crippen LogP contribution in [0.2, 0.25) is 0 Å². The number of hydrogen-bond acceptors (Lipinski definition) is 6. The molecule has 4 bridgehead atoms. The molecule has 2 heterocycles. The van der Waals surface area contributed by atoms with Gasteiger partial charge in [0.2, 0.25) is 23.6 Å². The molecule has 12 aromatic rings. The average Bonchev–Trinajstić information content (AvgIpc) is 1.36. The number of Topliss-reactive ketones (excluding diaryl/α,β-unsaturated/α-hetero) is 2. The number of rotatable bonds is 7. The maximum atomic E-state index is 15.1. The Labute approximate surface area is 585 Å². The number of fused-ring (bicyclic) bond motifs is 6. The van der Waals surface area contributed by atoms with Gasteiger partial charge in [0.15, 0.2) is 0 Å². The van der Waals surface area contributed by atoms with Crippen LogP contribution >= 0.6 is 31.9 Å². The molecule has 4 amide bonds. The van der Waals surface area contributed by atoms with Crippen molar-refractivity contribution in [3.8, 4) is 0 Å². The zero-order valence-corrected chi connectivity index (χ0v) is 58.5. The van der Waals surface area contributed by atoms with Gasteiger partial charge >= 0.3 is 0 Å². The van der Waals surface area contributed by atoms with Gasteiger partial charge in [0.1, 0.15) is 11.6 Å². The van der Waals surface area contributed by atoms with Crippen LogP contribution in [0.25, 0.3) is 64.6 Å². The molecule has 12 atom stereocenters. The largest absolute Gasteiger partial charge is 0.299 e. The first-order chi connectivity index (χ1) is 47.5. The Balaban J connectivity index is 0.000000131. The summed E-state index contributed by atoms with van der Waals surface area (Å²) in [6, 6.07) is 73.8. The molecule has 0 aromatic heterocycles.